The van der Waals surface area contributed by atoms with Gasteiger partial charge in [0.2, 0.25) is 0 Å². The lowest BCUT2D eigenvalue weighted by atomic mass is 10.3. The Morgan fingerprint density at radius 1 is 0.824 bits per heavy atom. The Hall–Kier alpha value is -2.23. The van der Waals surface area contributed by atoms with Crippen LogP contribution < -0.4 is 17.2 Å². The smallest absolute Gasteiger partial charge is 0.153 e. The van der Waals surface area contributed by atoms with Gasteiger partial charge in [-0.05, 0) is 0 Å². The zero-order valence-corrected chi connectivity index (χ0v) is 9.19. The molecule has 0 saturated heterocycles. The first-order valence-electron chi connectivity index (χ1n) is 4.65. The maximum absolute atomic E-state index is 8.44. The van der Waals surface area contributed by atoms with Crippen molar-refractivity contribution in [3.63, 3.8) is 0 Å². The van der Waals surface area contributed by atoms with Crippen molar-refractivity contribution in [3.8, 4) is 0 Å². The van der Waals surface area contributed by atoms with Gasteiger partial charge >= 0.3 is 0 Å². The molecule has 0 aliphatic rings. The fraction of sp³-hybridized carbons (Fsp3) is 0.571. The summed E-state index contributed by atoms with van der Waals surface area (Å²) in [6.07, 6.45) is 0.258. The van der Waals surface area contributed by atoms with Crippen molar-refractivity contribution in [2.75, 3.05) is 19.6 Å². The van der Waals surface area contributed by atoms with Gasteiger partial charge in [-0.2, -0.15) is 0 Å². The molecule has 0 fully saturated rings. The molecule has 0 rings (SSSR count). The molecule has 9 N–H and O–H groups in total. The number of hydrogen-bond donors (Lipinski definition) is 6. The number of hydrogen-bond acceptors (Lipinski definition) is 7. The van der Waals surface area contributed by atoms with Crippen LogP contribution in [0.5, 0.6) is 0 Å². The predicted molar refractivity (Wildman–Crippen MR) is 61.3 cm³/mol. The summed E-state index contributed by atoms with van der Waals surface area (Å²) in [5, 5.41) is 33.7. The Morgan fingerprint density at radius 2 is 1.24 bits per heavy atom. The van der Waals surface area contributed by atoms with Gasteiger partial charge in [0, 0.05) is 13.0 Å². The van der Waals surface area contributed by atoms with Gasteiger partial charge in [-0.25, -0.2) is 0 Å². The van der Waals surface area contributed by atoms with E-state index in [1.807, 2.05) is 0 Å². The Balaban J connectivity index is 4.40. The van der Waals surface area contributed by atoms with Gasteiger partial charge in [-0.1, -0.05) is 15.5 Å². The summed E-state index contributed by atoms with van der Waals surface area (Å²) >= 11 is 0. The van der Waals surface area contributed by atoms with Gasteiger partial charge < -0.3 is 32.8 Å². The predicted octanol–water partition coefficient (Wildman–Crippen LogP) is -2.08. The molecule has 0 saturated carbocycles. The summed E-state index contributed by atoms with van der Waals surface area (Å²) in [5.74, 6) is -0.0282. The zero-order valence-electron chi connectivity index (χ0n) is 9.19. The van der Waals surface area contributed by atoms with Crippen LogP contribution in [0, 0.1) is 0 Å². The standard InChI is InChI=1S/C7H17N7O3/c8-5(11-15)1-2-14(3-6(9)12-16)4-7(10)13-17/h15-17H,1-4H2,(H2,8,11)(H2,9,12)(H2,10,13). The van der Waals surface area contributed by atoms with Crippen molar-refractivity contribution >= 4 is 17.5 Å². The lowest BCUT2D eigenvalue weighted by molar-refractivity contribution is 0.296. The molecule has 0 aromatic rings. The van der Waals surface area contributed by atoms with Gasteiger partial charge in [-0.3, -0.25) is 4.90 Å². The van der Waals surface area contributed by atoms with Crippen molar-refractivity contribution in [2.45, 2.75) is 6.42 Å². The Morgan fingerprint density at radius 3 is 1.59 bits per heavy atom. The number of nitrogens with two attached hydrogens (primary N) is 3. The van der Waals surface area contributed by atoms with Crippen molar-refractivity contribution in [1.82, 2.24) is 4.90 Å². The molecule has 0 unspecified atom stereocenters. The molecular formula is C7H17N7O3. The van der Waals surface area contributed by atoms with Crippen LogP contribution in [0.25, 0.3) is 0 Å². The third-order valence-electron chi connectivity index (χ3n) is 1.84. The van der Waals surface area contributed by atoms with E-state index in [-0.39, 0.29) is 37.0 Å². The molecular weight excluding hydrogens is 230 g/mol. The summed E-state index contributed by atoms with van der Waals surface area (Å²) in [7, 11) is 0. The summed E-state index contributed by atoms with van der Waals surface area (Å²) < 4.78 is 0. The van der Waals surface area contributed by atoms with Crippen molar-refractivity contribution in [1.29, 1.82) is 0 Å². The van der Waals surface area contributed by atoms with Crippen LogP contribution >= 0.6 is 0 Å². The Labute approximate surface area is 97.6 Å². The molecule has 0 spiro atoms. The summed E-state index contributed by atoms with van der Waals surface area (Å²) in [4.78, 5) is 1.60. The first kappa shape index (κ1) is 14.8. The van der Waals surface area contributed by atoms with Gasteiger partial charge in [0.05, 0.1) is 13.1 Å². The van der Waals surface area contributed by atoms with Crippen LogP contribution in [0.4, 0.5) is 0 Å². The van der Waals surface area contributed by atoms with E-state index in [1.54, 1.807) is 4.90 Å². The average molecular weight is 247 g/mol. The molecule has 17 heavy (non-hydrogen) atoms. The van der Waals surface area contributed by atoms with E-state index in [2.05, 4.69) is 15.5 Å². The zero-order chi connectivity index (χ0) is 13.3. The molecule has 0 amide bonds. The van der Waals surface area contributed by atoms with Crippen LogP contribution in [0.1, 0.15) is 6.42 Å². The number of nitrogens with zero attached hydrogens (tertiary/aromatic N) is 4. The molecule has 10 nitrogen and oxygen atoms in total. The molecule has 98 valence electrons. The lowest BCUT2D eigenvalue weighted by Crippen LogP contribution is -2.41. The summed E-state index contributed by atoms with van der Waals surface area (Å²) in [6, 6.07) is 0. The van der Waals surface area contributed by atoms with Crippen molar-refractivity contribution in [3.05, 3.63) is 0 Å². The third kappa shape index (κ3) is 6.78. The van der Waals surface area contributed by atoms with E-state index in [0.717, 1.165) is 0 Å². The fourth-order valence-electron chi connectivity index (χ4n) is 1.06. The minimum atomic E-state index is -0.0322. The minimum Gasteiger partial charge on any atom is -0.409 e. The van der Waals surface area contributed by atoms with Crippen LogP contribution in [-0.2, 0) is 0 Å². The normalized spacial score (nSPS) is 14.3. The average Bonchev–Trinajstić information content (AvgIpc) is 2.34. The van der Waals surface area contributed by atoms with Crippen molar-refractivity contribution < 1.29 is 15.6 Å². The van der Waals surface area contributed by atoms with E-state index in [1.165, 1.54) is 0 Å². The van der Waals surface area contributed by atoms with E-state index >= 15 is 0 Å². The van der Waals surface area contributed by atoms with E-state index in [4.69, 9.17) is 32.8 Å². The quantitative estimate of drug-likeness (QED) is 0.129. The van der Waals surface area contributed by atoms with Crippen LogP contribution in [0.3, 0.4) is 0 Å². The second-order valence-corrected chi connectivity index (χ2v) is 3.23. The molecule has 10 heteroatoms. The second-order valence-electron chi connectivity index (χ2n) is 3.23. The third-order valence-corrected chi connectivity index (χ3v) is 1.84. The topological polar surface area (TPSA) is 179 Å². The number of amidine groups is 3. The largest absolute Gasteiger partial charge is 0.409 e. The van der Waals surface area contributed by atoms with Gasteiger partial charge in [-0.15, -0.1) is 0 Å². The molecule has 0 bridgehead atoms. The summed E-state index contributed by atoms with van der Waals surface area (Å²) in [5.41, 5.74) is 16.0. The van der Waals surface area contributed by atoms with Crippen molar-refractivity contribution in [2.24, 2.45) is 32.7 Å². The van der Waals surface area contributed by atoms with Crippen LogP contribution in [-0.4, -0.2) is 57.7 Å². The highest BCUT2D eigenvalue weighted by molar-refractivity contribution is 5.85. The fourth-order valence-corrected chi connectivity index (χ4v) is 1.06. The maximum atomic E-state index is 8.44. The van der Waals surface area contributed by atoms with E-state index in [9.17, 15) is 0 Å². The second kappa shape index (κ2) is 7.98. The molecule has 0 atom stereocenters. The van der Waals surface area contributed by atoms with E-state index < -0.39 is 0 Å². The molecule has 0 aromatic heterocycles. The first-order chi connectivity index (χ1) is 8.03. The van der Waals surface area contributed by atoms with Crippen LogP contribution in [0.2, 0.25) is 0 Å². The van der Waals surface area contributed by atoms with Crippen LogP contribution in [0.15, 0.2) is 15.5 Å². The monoisotopic (exact) mass is 247 g/mol. The highest BCUT2D eigenvalue weighted by atomic mass is 16.4. The molecule has 0 heterocycles. The molecule has 0 aromatic carbocycles. The highest BCUT2D eigenvalue weighted by Crippen LogP contribution is 1.92. The number of oxime groups is 3. The van der Waals surface area contributed by atoms with Gasteiger partial charge in [0.15, 0.2) is 11.7 Å². The summed E-state index contributed by atoms with van der Waals surface area (Å²) in [6.45, 7) is 0.541. The Bertz CT molecular complexity index is 295. The van der Waals surface area contributed by atoms with E-state index in [0.29, 0.717) is 6.54 Å². The lowest BCUT2D eigenvalue weighted by Gasteiger charge is -2.20. The Kier molecular flexibility index (Phi) is 6.94. The van der Waals surface area contributed by atoms with Gasteiger partial charge in [0.1, 0.15) is 5.84 Å². The molecule has 0 aliphatic heterocycles. The minimum absolute atomic E-state index is 0.0322. The molecule has 0 radical (unpaired) electrons. The molecule has 0 aliphatic carbocycles. The SMILES string of the molecule is NC(CCN(CC(N)=NO)CC(N)=NO)=NO. The first-order valence-corrected chi connectivity index (χ1v) is 4.65. The number of rotatable bonds is 7. The maximum Gasteiger partial charge on any atom is 0.153 e. The van der Waals surface area contributed by atoms with Gasteiger partial charge in [0.25, 0.3) is 0 Å². The highest BCUT2D eigenvalue weighted by Gasteiger charge is 2.10.